The summed E-state index contributed by atoms with van der Waals surface area (Å²) in [5.41, 5.74) is 1.60. The third-order valence-electron chi connectivity index (χ3n) is 6.01. The second kappa shape index (κ2) is 13.1. The number of anilines is 1. The Morgan fingerprint density at radius 2 is 1.82 bits per heavy atom. The van der Waals surface area contributed by atoms with Crippen molar-refractivity contribution >= 4 is 40.1 Å². The van der Waals surface area contributed by atoms with Gasteiger partial charge in [-0.25, -0.2) is 9.38 Å². The second-order valence-electron chi connectivity index (χ2n) is 8.59. The first-order valence-corrected chi connectivity index (χ1v) is 13.3. The van der Waals surface area contributed by atoms with Crippen molar-refractivity contribution in [2.75, 3.05) is 32.7 Å². The van der Waals surface area contributed by atoms with Crippen LogP contribution in [0.5, 0.6) is 17.2 Å². The van der Waals surface area contributed by atoms with Gasteiger partial charge in [-0.15, -0.1) is 0 Å². The molecule has 0 spiro atoms. The van der Waals surface area contributed by atoms with Gasteiger partial charge in [0.15, 0.2) is 16.7 Å². The van der Waals surface area contributed by atoms with Crippen LogP contribution in [0.2, 0.25) is 0 Å². The van der Waals surface area contributed by atoms with Gasteiger partial charge in [0.05, 0.1) is 20.8 Å². The molecular formula is C29H30FN3O5S. The lowest BCUT2D eigenvalue weighted by atomic mass is 10.1. The van der Waals surface area contributed by atoms with Crippen LogP contribution in [-0.2, 0) is 16.0 Å². The average Bonchev–Trinajstić information content (AvgIpc) is 2.94. The zero-order chi connectivity index (χ0) is 27.8. The van der Waals surface area contributed by atoms with Gasteiger partial charge in [-0.3, -0.25) is 14.5 Å². The third kappa shape index (κ3) is 7.08. The van der Waals surface area contributed by atoms with Crippen molar-refractivity contribution in [3.63, 3.8) is 0 Å². The molecule has 1 N–H and O–H groups in total. The summed E-state index contributed by atoms with van der Waals surface area (Å²) >= 11 is 1.14. The molecule has 1 aliphatic heterocycles. The van der Waals surface area contributed by atoms with Gasteiger partial charge in [0, 0.05) is 18.7 Å². The van der Waals surface area contributed by atoms with E-state index in [-0.39, 0.29) is 29.1 Å². The minimum Gasteiger partial charge on any atom is -0.494 e. The number of benzene rings is 3. The smallest absolute Gasteiger partial charge is 0.238 e. The van der Waals surface area contributed by atoms with Crippen molar-refractivity contribution in [1.29, 1.82) is 0 Å². The molecule has 0 unspecified atom stereocenters. The number of amides is 2. The fourth-order valence-electron chi connectivity index (χ4n) is 4.01. The summed E-state index contributed by atoms with van der Waals surface area (Å²) in [6, 6.07) is 18.6. The first-order valence-electron chi connectivity index (χ1n) is 12.5. The summed E-state index contributed by atoms with van der Waals surface area (Å²) in [5, 5.41) is 2.39. The number of amidine groups is 1. The van der Waals surface area contributed by atoms with E-state index in [2.05, 4.69) is 10.3 Å². The topological polar surface area (TPSA) is 89.5 Å². The number of halogens is 1. The molecule has 0 aromatic heterocycles. The minimum absolute atomic E-state index is 0.0181. The molecule has 2 amide bonds. The normalized spacial score (nSPS) is 16.2. The zero-order valence-corrected chi connectivity index (χ0v) is 22.8. The molecule has 1 heterocycles. The summed E-state index contributed by atoms with van der Waals surface area (Å²) in [7, 11) is 3.12. The number of carbonyl (C=O) groups excluding carboxylic acids is 2. The van der Waals surface area contributed by atoms with E-state index < -0.39 is 11.1 Å². The van der Waals surface area contributed by atoms with E-state index in [0.717, 1.165) is 17.3 Å². The van der Waals surface area contributed by atoms with Gasteiger partial charge in [-0.05, 0) is 67.4 Å². The van der Waals surface area contributed by atoms with Crippen molar-refractivity contribution in [3.8, 4) is 17.2 Å². The Kier molecular flexibility index (Phi) is 9.43. The third-order valence-corrected chi connectivity index (χ3v) is 7.19. The van der Waals surface area contributed by atoms with Crippen LogP contribution >= 0.6 is 11.8 Å². The lowest BCUT2D eigenvalue weighted by Crippen LogP contribution is -2.46. The van der Waals surface area contributed by atoms with E-state index in [1.165, 1.54) is 17.0 Å². The Hall–Kier alpha value is -4.05. The highest BCUT2D eigenvalue weighted by Gasteiger charge is 2.36. The fraction of sp³-hybridized carbons (Fsp3) is 0.276. The molecule has 3 aromatic carbocycles. The molecule has 1 saturated heterocycles. The van der Waals surface area contributed by atoms with Gasteiger partial charge in [-0.1, -0.05) is 30.0 Å². The summed E-state index contributed by atoms with van der Waals surface area (Å²) in [6.07, 6.45) is 0.474. The summed E-state index contributed by atoms with van der Waals surface area (Å²) in [4.78, 5) is 32.4. The molecule has 1 fully saturated rings. The Labute approximate surface area is 231 Å². The maximum Gasteiger partial charge on any atom is 0.238 e. The van der Waals surface area contributed by atoms with Gasteiger partial charge < -0.3 is 19.5 Å². The molecule has 8 nitrogen and oxygen atoms in total. The lowest BCUT2D eigenvalue weighted by molar-refractivity contribution is -0.129. The second-order valence-corrected chi connectivity index (χ2v) is 9.76. The molecule has 0 bridgehead atoms. The van der Waals surface area contributed by atoms with E-state index >= 15 is 0 Å². The monoisotopic (exact) mass is 551 g/mol. The zero-order valence-electron chi connectivity index (χ0n) is 22.0. The molecular weight excluding hydrogens is 521 g/mol. The number of thioether (sulfide) groups is 1. The maximum atomic E-state index is 14.5. The highest BCUT2D eigenvalue weighted by Crippen LogP contribution is 2.32. The molecule has 3 aromatic rings. The number of carbonyl (C=O) groups is 2. The van der Waals surface area contributed by atoms with Gasteiger partial charge in [0.25, 0.3) is 0 Å². The van der Waals surface area contributed by atoms with Gasteiger partial charge in [-0.2, -0.15) is 0 Å². The van der Waals surface area contributed by atoms with E-state index in [4.69, 9.17) is 14.2 Å². The van der Waals surface area contributed by atoms with Crippen molar-refractivity contribution in [2.45, 2.75) is 25.0 Å². The van der Waals surface area contributed by atoms with Crippen molar-refractivity contribution in [2.24, 2.45) is 4.99 Å². The Bertz CT molecular complexity index is 1350. The molecule has 204 valence electrons. The SMILES string of the molecule is CCOc1ccc(NC(=O)[C@H]2CC(=O)N(CCc3ccc(OC)c(OC)c3)C(=Nc3ccccc3F)S2)cc1. The van der Waals surface area contributed by atoms with Crippen LogP contribution in [0.3, 0.4) is 0 Å². The predicted octanol–water partition coefficient (Wildman–Crippen LogP) is 5.44. The Balaban J connectivity index is 1.53. The summed E-state index contributed by atoms with van der Waals surface area (Å²) < 4.78 is 30.6. The first kappa shape index (κ1) is 28.0. The summed E-state index contributed by atoms with van der Waals surface area (Å²) in [5.74, 6) is 0.769. The highest BCUT2D eigenvalue weighted by atomic mass is 32.2. The molecule has 1 atom stereocenters. The highest BCUT2D eigenvalue weighted by molar-refractivity contribution is 8.15. The molecule has 10 heteroatoms. The molecule has 0 aliphatic carbocycles. The summed E-state index contributed by atoms with van der Waals surface area (Å²) in [6.45, 7) is 2.73. The van der Waals surface area contributed by atoms with Crippen LogP contribution in [-0.4, -0.2) is 54.5 Å². The van der Waals surface area contributed by atoms with Crippen molar-refractivity contribution < 1.29 is 28.2 Å². The van der Waals surface area contributed by atoms with Crippen LogP contribution in [0, 0.1) is 5.82 Å². The van der Waals surface area contributed by atoms with E-state index in [1.807, 2.05) is 19.1 Å². The van der Waals surface area contributed by atoms with E-state index in [0.29, 0.717) is 42.5 Å². The molecule has 0 saturated carbocycles. The maximum absolute atomic E-state index is 14.5. The van der Waals surface area contributed by atoms with E-state index in [9.17, 15) is 14.0 Å². The number of nitrogens with zero attached hydrogens (tertiary/aromatic N) is 2. The number of hydrogen-bond acceptors (Lipinski definition) is 7. The number of ether oxygens (including phenoxy) is 3. The number of nitrogens with one attached hydrogen (secondary N) is 1. The minimum atomic E-state index is -0.730. The number of para-hydroxylation sites is 1. The van der Waals surface area contributed by atoms with Crippen LogP contribution in [0.4, 0.5) is 15.8 Å². The number of methoxy groups -OCH3 is 2. The lowest BCUT2D eigenvalue weighted by Gasteiger charge is -2.32. The average molecular weight is 552 g/mol. The molecule has 39 heavy (non-hydrogen) atoms. The van der Waals surface area contributed by atoms with Crippen molar-refractivity contribution in [1.82, 2.24) is 4.90 Å². The van der Waals surface area contributed by atoms with Crippen molar-refractivity contribution in [3.05, 3.63) is 78.1 Å². The number of hydrogen-bond donors (Lipinski definition) is 1. The largest absolute Gasteiger partial charge is 0.494 e. The first-order chi connectivity index (χ1) is 18.9. The molecule has 0 radical (unpaired) electrons. The predicted molar refractivity (Wildman–Crippen MR) is 151 cm³/mol. The molecule has 4 rings (SSSR count). The number of rotatable bonds is 10. The quantitative estimate of drug-likeness (QED) is 0.361. The van der Waals surface area contributed by atoms with E-state index in [1.54, 1.807) is 56.7 Å². The van der Waals surface area contributed by atoms with Crippen LogP contribution in [0.1, 0.15) is 18.9 Å². The Morgan fingerprint density at radius 3 is 2.51 bits per heavy atom. The number of aliphatic imine (C=N–C) groups is 1. The van der Waals surface area contributed by atoms with Gasteiger partial charge in [0.2, 0.25) is 11.8 Å². The van der Waals surface area contributed by atoms with Crippen LogP contribution < -0.4 is 19.5 Å². The van der Waals surface area contributed by atoms with Gasteiger partial charge in [0.1, 0.15) is 22.5 Å². The fourth-order valence-corrected chi connectivity index (χ4v) is 5.13. The van der Waals surface area contributed by atoms with Gasteiger partial charge >= 0.3 is 0 Å². The standard InChI is InChI=1S/C29H30FN3O5S/c1-4-38-21-12-10-20(11-13-21)31-28(35)26-18-27(34)33(29(39-26)32-23-8-6-5-7-22(23)30)16-15-19-9-14-24(36-2)25(17-19)37-3/h5-14,17,26H,4,15-16,18H2,1-3H3,(H,31,35)/t26-/m1/s1. The molecule has 1 aliphatic rings. The Morgan fingerprint density at radius 1 is 1.08 bits per heavy atom. The van der Waals surface area contributed by atoms with Crippen LogP contribution in [0.25, 0.3) is 0 Å². The van der Waals surface area contributed by atoms with Crippen LogP contribution in [0.15, 0.2) is 71.7 Å².